The number of amides is 1. The number of benzene rings is 2. The van der Waals surface area contributed by atoms with Crippen LogP contribution < -0.4 is 10.5 Å². The van der Waals surface area contributed by atoms with Gasteiger partial charge in [-0.2, -0.15) is 0 Å². The summed E-state index contributed by atoms with van der Waals surface area (Å²) in [6.45, 7) is 0. The van der Waals surface area contributed by atoms with Gasteiger partial charge >= 0.3 is 0 Å². The summed E-state index contributed by atoms with van der Waals surface area (Å²) in [6, 6.07) is 15.4. The Bertz CT molecular complexity index is 605. The Kier molecular flexibility index (Phi) is 4.15. The Morgan fingerprint density at radius 2 is 1.60 bits per heavy atom. The highest BCUT2D eigenvalue weighted by Crippen LogP contribution is 2.23. The summed E-state index contributed by atoms with van der Waals surface area (Å²) in [5, 5.41) is 0. The highest BCUT2D eigenvalue weighted by molar-refractivity contribution is 6.13. The van der Waals surface area contributed by atoms with Gasteiger partial charge in [-0.05, 0) is 17.7 Å². The maximum atomic E-state index is 12.4. The molecule has 4 nitrogen and oxygen atoms in total. The molecule has 2 aromatic rings. The van der Waals surface area contributed by atoms with Crippen molar-refractivity contribution >= 4 is 11.7 Å². The van der Waals surface area contributed by atoms with Crippen molar-refractivity contribution in [2.24, 2.45) is 5.73 Å². The highest BCUT2D eigenvalue weighted by atomic mass is 16.5. The van der Waals surface area contributed by atoms with Gasteiger partial charge in [0.25, 0.3) is 0 Å². The first-order valence-electron chi connectivity index (χ1n) is 6.16. The lowest BCUT2D eigenvalue weighted by atomic mass is 9.90. The molecule has 2 N–H and O–H groups in total. The zero-order valence-corrected chi connectivity index (χ0v) is 11.1. The summed E-state index contributed by atoms with van der Waals surface area (Å²) in [5.41, 5.74) is 6.41. The molecule has 0 saturated heterocycles. The number of carbonyl (C=O) groups is 2. The lowest BCUT2D eigenvalue weighted by Crippen LogP contribution is -2.28. The molecule has 1 amide bonds. The molecule has 4 heteroatoms. The van der Waals surface area contributed by atoms with Crippen molar-refractivity contribution in [2.75, 3.05) is 7.11 Å². The van der Waals surface area contributed by atoms with Crippen molar-refractivity contribution in [1.29, 1.82) is 0 Å². The third-order valence-corrected chi connectivity index (χ3v) is 3.05. The zero-order valence-electron chi connectivity index (χ0n) is 11.1. The molecule has 0 radical (unpaired) electrons. The summed E-state index contributed by atoms with van der Waals surface area (Å²) in [6.07, 6.45) is 0. The molecule has 0 bridgehead atoms. The van der Waals surface area contributed by atoms with Crippen molar-refractivity contribution in [3.63, 3.8) is 0 Å². The van der Waals surface area contributed by atoms with Crippen molar-refractivity contribution < 1.29 is 14.3 Å². The van der Waals surface area contributed by atoms with E-state index in [1.54, 1.807) is 55.6 Å². The standard InChI is InChI=1S/C16H15NO3/c1-20-13-9-7-11(8-10-13)14(16(17)19)15(18)12-5-3-2-4-6-12/h2-10,14H,1H3,(H2,17,19). The smallest absolute Gasteiger partial charge is 0.232 e. The van der Waals surface area contributed by atoms with Crippen LogP contribution >= 0.6 is 0 Å². The Morgan fingerprint density at radius 3 is 2.10 bits per heavy atom. The number of ketones is 1. The third kappa shape index (κ3) is 2.85. The first kappa shape index (κ1) is 13.8. The van der Waals surface area contributed by atoms with Gasteiger partial charge in [0, 0.05) is 5.56 Å². The molecule has 0 aliphatic rings. The number of ether oxygens (including phenoxy) is 1. The van der Waals surface area contributed by atoms with E-state index in [0.29, 0.717) is 16.9 Å². The number of Topliss-reactive ketones (excluding diaryl/α,β-unsaturated/α-hetero) is 1. The molecular formula is C16H15NO3. The minimum Gasteiger partial charge on any atom is -0.497 e. The monoisotopic (exact) mass is 269 g/mol. The number of carbonyl (C=O) groups excluding carboxylic acids is 2. The third-order valence-electron chi connectivity index (χ3n) is 3.05. The number of hydrogen-bond donors (Lipinski definition) is 1. The predicted molar refractivity (Wildman–Crippen MR) is 75.7 cm³/mol. The molecule has 0 aliphatic carbocycles. The Hall–Kier alpha value is -2.62. The van der Waals surface area contributed by atoms with Crippen molar-refractivity contribution in [2.45, 2.75) is 5.92 Å². The molecule has 102 valence electrons. The molecule has 1 unspecified atom stereocenters. The van der Waals surface area contributed by atoms with Gasteiger partial charge in [-0.25, -0.2) is 0 Å². The minimum absolute atomic E-state index is 0.303. The van der Waals surface area contributed by atoms with Gasteiger partial charge in [-0.1, -0.05) is 42.5 Å². The van der Waals surface area contributed by atoms with Crippen LogP contribution in [0.15, 0.2) is 54.6 Å². The molecule has 0 heterocycles. The summed E-state index contributed by atoms with van der Waals surface area (Å²) >= 11 is 0. The van der Waals surface area contributed by atoms with E-state index < -0.39 is 11.8 Å². The number of hydrogen-bond acceptors (Lipinski definition) is 3. The second-order valence-corrected chi connectivity index (χ2v) is 4.34. The van der Waals surface area contributed by atoms with E-state index in [1.807, 2.05) is 6.07 Å². The number of rotatable bonds is 5. The number of nitrogens with two attached hydrogens (primary N) is 1. The summed E-state index contributed by atoms with van der Waals surface area (Å²) in [7, 11) is 1.55. The average molecular weight is 269 g/mol. The fraction of sp³-hybridized carbons (Fsp3) is 0.125. The average Bonchev–Trinajstić information content (AvgIpc) is 2.48. The van der Waals surface area contributed by atoms with Crippen LogP contribution in [0.1, 0.15) is 21.8 Å². The van der Waals surface area contributed by atoms with Crippen LogP contribution in [-0.2, 0) is 4.79 Å². The van der Waals surface area contributed by atoms with E-state index in [4.69, 9.17) is 10.5 Å². The molecule has 0 spiro atoms. The fourth-order valence-corrected chi connectivity index (χ4v) is 2.01. The number of primary amides is 1. The molecule has 20 heavy (non-hydrogen) atoms. The van der Waals surface area contributed by atoms with Gasteiger partial charge in [-0.15, -0.1) is 0 Å². The largest absolute Gasteiger partial charge is 0.497 e. The molecule has 0 fully saturated rings. The Labute approximate surface area is 117 Å². The van der Waals surface area contributed by atoms with Crippen molar-refractivity contribution in [3.05, 3.63) is 65.7 Å². The van der Waals surface area contributed by atoms with Crippen LogP contribution in [0.25, 0.3) is 0 Å². The van der Waals surface area contributed by atoms with Crippen LogP contribution in [0.4, 0.5) is 0 Å². The van der Waals surface area contributed by atoms with E-state index in [-0.39, 0.29) is 5.78 Å². The number of methoxy groups -OCH3 is 1. The first-order chi connectivity index (χ1) is 9.63. The van der Waals surface area contributed by atoms with Crippen LogP contribution in [0.3, 0.4) is 0 Å². The van der Waals surface area contributed by atoms with E-state index in [9.17, 15) is 9.59 Å². The maximum Gasteiger partial charge on any atom is 0.232 e. The molecule has 2 rings (SSSR count). The molecule has 1 atom stereocenters. The first-order valence-corrected chi connectivity index (χ1v) is 6.16. The summed E-state index contributed by atoms with van der Waals surface area (Å²) in [4.78, 5) is 24.0. The zero-order chi connectivity index (χ0) is 14.5. The second-order valence-electron chi connectivity index (χ2n) is 4.34. The van der Waals surface area contributed by atoms with Gasteiger partial charge in [0.2, 0.25) is 5.91 Å². The topological polar surface area (TPSA) is 69.4 Å². The van der Waals surface area contributed by atoms with Gasteiger partial charge < -0.3 is 10.5 Å². The minimum atomic E-state index is -0.983. The molecular weight excluding hydrogens is 254 g/mol. The van der Waals surface area contributed by atoms with Gasteiger partial charge in [0.1, 0.15) is 11.7 Å². The van der Waals surface area contributed by atoms with Gasteiger partial charge in [0.05, 0.1) is 7.11 Å². The van der Waals surface area contributed by atoms with Crippen molar-refractivity contribution in [1.82, 2.24) is 0 Å². The van der Waals surface area contributed by atoms with Crippen LogP contribution in [0.2, 0.25) is 0 Å². The lowest BCUT2D eigenvalue weighted by Gasteiger charge is -2.13. The quantitative estimate of drug-likeness (QED) is 0.668. The fourth-order valence-electron chi connectivity index (χ4n) is 2.01. The predicted octanol–water partition coefficient (Wildman–Crippen LogP) is 2.15. The van der Waals surface area contributed by atoms with Gasteiger partial charge in [-0.3, -0.25) is 9.59 Å². The van der Waals surface area contributed by atoms with E-state index in [0.717, 1.165) is 0 Å². The van der Waals surface area contributed by atoms with E-state index in [2.05, 4.69) is 0 Å². The van der Waals surface area contributed by atoms with Gasteiger partial charge in [0.15, 0.2) is 5.78 Å². The maximum absolute atomic E-state index is 12.4. The molecule has 0 saturated carbocycles. The van der Waals surface area contributed by atoms with E-state index >= 15 is 0 Å². The molecule has 0 aromatic heterocycles. The van der Waals surface area contributed by atoms with Crippen LogP contribution in [0, 0.1) is 0 Å². The lowest BCUT2D eigenvalue weighted by molar-refractivity contribution is -0.118. The Morgan fingerprint density at radius 1 is 1.00 bits per heavy atom. The Balaban J connectivity index is 2.36. The van der Waals surface area contributed by atoms with Crippen molar-refractivity contribution in [3.8, 4) is 5.75 Å². The summed E-state index contributed by atoms with van der Waals surface area (Å²) in [5.74, 6) is -1.29. The molecule has 2 aromatic carbocycles. The highest BCUT2D eigenvalue weighted by Gasteiger charge is 2.27. The second kappa shape index (κ2) is 6.02. The van der Waals surface area contributed by atoms with Crippen LogP contribution in [0.5, 0.6) is 5.75 Å². The van der Waals surface area contributed by atoms with Crippen LogP contribution in [-0.4, -0.2) is 18.8 Å². The van der Waals surface area contributed by atoms with E-state index in [1.165, 1.54) is 0 Å². The SMILES string of the molecule is COc1ccc(C(C(N)=O)C(=O)c2ccccc2)cc1. The summed E-state index contributed by atoms with van der Waals surface area (Å²) < 4.78 is 5.05. The molecule has 0 aliphatic heterocycles. The normalized spacial score (nSPS) is 11.7.